The van der Waals surface area contributed by atoms with Gasteiger partial charge in [0.25, 0.3) is 0 Å². The highest BCUT2D eigenvalue weighted by Crippen LogP contribution is 2.39. The summed E-state index contributed by atoms with van der Waals surface area (Å²) >= 11 is 1.94. The van der Waals surface area contributed by atoms with Crippen LogP contribution in [0.1, 0.15) is 48.1 Å². The molecule has 0 aliphatic carbocycles. The SMILES string of the molecule is CNCCC1CC(c2cccc3sc(C4CCN(C)CC4)nc23)CN1C. The van der Waals surface area contributed by atoms with Crippen LogP contribution in [0.3, 0.4) is 0 Å². The van der Waals surface area contributed by atoms with Gasteiger partial charge in [-0.15, -0.1) is 11.3 Å². The Labute approximate surface area is 161 Å². The van der Waals surface area contributed by atoms with Crippen molar-refractivity contribution in [2.24, 2.45) is 0 Å². The fourth-order valence-electron chi connectivity index (χ4n) is 4.70. The van der Waals surface area contributed by atoms with Crippen LogP contribution in [-0.2, 0) is 0 Å². The second-order valence-corrected chi connectivity index (χ2v) is 9.30. The Balaban J connectivity index is 1.56. The van der Waals surface area contributed by atoms with E-state index < -0.39 is 0 Å². The predicted molar refractivity (Wildman–Crippen MR) is 111 cm³/mol. The summed E-state index contributed by atoms with van der Waals surface area (Å²) in [5, 5.41) is 4.68. The highest BCUT2D eigenvalue weighted by molar-refractivity contribution is 7.18. The topological polar surface area (TPSA) is 31.4 Å². The van der Waals surface area contributed by atoms with Crippen LogP contribution in [0.2, 0.25) is 0 Å². The monoisotopic (exact) mass is 372 g/mol. The van der Waals surface area contributed by atoms with Gasteiger partial charge in [0, 0.05) is 24.4 Å². The standard InChI is InChI=1S/C21H32N4S/c1-22-10-7-17-13-16(14-25(17)3)18-5-4-6-19-20(18)23-21(26-19)15-8-11-24(2)12-9-15/h4-6,15-17,22H,7-14H2,1-3H3. The van der Waals surface area contributed by atoms with Gasteiger partial charge in [0.15, 0.2) is 0 Å². The minimum Gasteiger partial charge on any atom is -0.320 e. The van der Waals surface area contributed by atoms with Crippen molar-refractivity contribution >= 4 is 21.6 Å². The van der Waals surface area contributed by atoms with Crippen LogP contribution in [0, 0.1) is 0 Å². The predicted octanol–water partition coefficient (Wildman–Crippen LogP) is 3.50. The summed E-state index contributed by atoms with van der Waals surface area (Å²) in [6.45, 7) is 4.67. The van der Waals surface area contributed by atoms with Crippen molar-refractivity contribution in [1.29, 1.82) is 0 Å². The van der Waals surface area contributed by atoms with E-state index in [0.717, 1.165) is 13.1 Å². The molecular formula is C21H32N4S. The summed E-state index contributed by atoms with van der Waals surface area (Å²) in [6.07, 6.45) is 5.00. The van der Waals surface area contributed by atoms with Crippen LogP contribution in [0.25, 0.3) is 10.2 Å². The summed E-state index contributed by atoms with van der Waals surface area (Å²) in [6, 6.07) is 7.54. The largest absolute Gasteiger partial charge is 0.320 e. The molecule has 4 nitrogen and oxygen atoms in total. The van der Waals surface area contributed by atoms with Gasteiger partial charge in [-0.05, 0) is 78.1 Å². The van der Waals surface area contributed by atoms with E-state index in [4.69, 9.17) is 4.98 Å². The summed E-state index contributed by atoms with van der Waals surface area (Å²) in [5.41, 5.74) is 2.77. The lowest BCUT2D eigenvalue weighted by molar-refractivity contribution is 0.255. The van der Waals surface area contributed by atoms with E-state index in [9.17, 15) is 0 Å². The second-order valence-electron chi connectivity index (χ2n) is 8.24. The number of likely N-dealkylation sites (tertiary alicyclic amines) is 2. The molecule has 4 rings (SSSR count). The number of para-hydroxylation sites is 1. The van der Waals surface area contributed by atoms with Crippen molar-refractivity contribution in [1.82, 2.24) is 20.1 Å². The molecule has 2 saturated heterocycles. The van der Waals surface area contributed by atoms with Crippen LogP contribution in [0.5, 0.6) is 0 Å². The van der Waals surface area contributed by atoms with Gasteiger partial charge in [0.1, 0.15) is 0 Å². The van der Waals surface area contributed by atoms with Crippen LogP contribution in [0.4, 0.5) is 0 Å². The first-order chi connectivity index (χ1) is 12.7. The maximum atomic E-state index is 5.19. The van der Waals surface area contributed by atoms with Crippen molar-refractivity contribution in [2.45, 2.75) is 43.6 Å². The number of thiazole rings is 1. The number of nitrogens with one attached hydrogen (secondary N) is 1. The number of fused-ring (bicyclic) bond motifs is 1. The Kier molecular flexibility index (Phi) is 5.60. The molecule has 2 aliphatic heterocycles. The third kappa shape index (κ3) is 3.68. The molecule has 2 aliphatic rings. The number of rotatable bonds is 5. The summed E-state index contributed by atoms with van der Waals surface area (Å²) in [5.74, 6) is 1.28. The van der Waals surface area contributed by atoms with Crippen LogP contribution in [0.15, 0.2) is 18.2 Å². The molecule has 0 bridgehead atoms. The third-order valence-corrected chi connectivity index (χ3v) is 7.57. The van der Waals surface area contributed by atoms with E-state index >= 15 is 0 Å². The minimum atomic E-state index is 0.623. The molecule has 0 saturated carbocycles. The number of nitrogens with zero attached hydrogens (tertiary/aromatic N) is 3. The van der Waals surface area contributed by atoms with Crippen molar-refractivity contribution in [3.8, 4) is 0 Å². The molecule has 0 spiro atoms. The molecule has 0 amide bonds. The van der Waals surface area contributed by atoms with Crippen molar-refractivity contribution in [3.05, 3.63) is 28.8 Å². The minimum absolute atomic E-state index is 0.623. The molecule has 2 fully saturated rings. The van der Waals surface area contributed by atoms with Crippen molar-refractivity contribution in [3.63, 3.8) is 0 Å². The average Bonchev–Trinajstić information content (AvgIpc) is 3.24. The van der Waals surface area contributed by atoms with E-state index in [-0.39, 0.29) is 0 Å². The molecule has 2 aromatic rings. The molecule has 1 aromatic heterocycles. The lowest BCUT2D eigenvalue weighted by atomic mass is 9.94. The van der Waals surface area contributed by atoms with Crippen LogP contribution in [-0.4, -0.2) is 68.1 Å². The molecule has 1 aromatic carbocycles. The van der Waals surface area contributed by atoms with Crippen molar-refractivity contribution in [2.75, 3.05) is 47.3 Å². The highest BCUT2D eigenvalue weighted by atomic mass is 32.1. The lowest BCUT2D eigenvalue weighted by Gasteiger charge is -2.27. The second kappa shape index (κ2) is 7.93. The first-order valence-electron chi connectivity index (χ1n) is 10.1. The van der Waals surface area contributed by atoms with E-state index in [1.54, 1.807) is 0 Å². The van der Waals surface area contributed by atoms with E-state index in [1.165, 1.54) is 59.6 Å². The smallest absolute Gasteiger partial charge is 0.0970 e. The van der Waals surface area contributed by atoms with Gasteiger partial charge in [0.05, 0.1) is 15.2 Å². The Morgan fingerprint density at radius 1 is 1.19 bits per heavy atom. The molecule has 3 heterocycles. The van der Waals surface area contributed by atoms with E-state index in [1.807, 2.05) is 18.4 Å². The molecule has 2 unspecified atom stereocenters. The average molecular weight is 373 g/mol. The quantitative estimate of drug-likeness (QED) is 0.870. The Hall–Kier alpha value is -1.01. The fourth-order valence-corrected chi connectivity index (χ4v) is 5.87. The van der Waals surface area contributed by atoms with E-state index in [2.05, 4.69) is 47.4 Å². The molecule has 26 heavy (non-hydrogen) atoms. The molecule has 0 radical (unpaired) electrons. The summed E-state index contributed by atoms with van der Waals surface area (Å²) in [7, 11) is 6.56. The number of hydrogen-bond acceptors (Lipinski definition) is 5. The Morgan fingerprint density at radius 2 is 2.00 bits per heavy atom. The van der Waals surface area contributed by atoms with Gasteiger partial charge < -0.3 is 15.1 Å². The normalized spacial score (nSPS) is 26.1. The number of piperidine rings is 1. The van der Waals surface area contributed by atoms with Gasteiger partial charge in [-0.1, -0.05) is 12.1 Å². The number of aromatic nitrogens is 1. The summed E-state index contributed by atoms with van der Waals surface area (Å²) < 4.78 is 1.39. The maximum absolute atomic E-state index is 5.19. The summed E-state index contributed by atoms with van der Waals surface area (Å²) in [4.78, 5) is 10.2. The van der Waals surface area contributed by atoms with Crippen molar-refractivity contribution < 1.29 is 0 Å². The number of benzene rings is 1. The fraction of sp³-hybridized carbons (Fsp3) is 0.667. The zero-order valence-electron chi connectivity index (χ0n) is 16.4. The zero-order chi connectivity index (χ0) is 18.1. The molecule has 1 N–H and O–H groups in total. The maximum Gasteiger partial charge on any atom is 0.0970 e. The van der Waals surface area contributed by atoms with Gasteiger partial charge in [-0.2, -0.15) is 0 Å². The van der Waals surface area contributed by atoms with Crippen LogP contribution >= 0.6 is 11.3 Å². The third-order valence-electron chi connectivity index (χ3n) is 6.39. The van der Waals surface area contributed by atoms with Gasteiger partial charge in [0.2, 0.25) is 0 Å². The first kappa shape index (κ1) is 18.4. The zero-order valence-corrected chi connectivity index (χ0v) is 17.2. The van der Waals surface area contributed by atoms with Gasteiger partial charge in [-0.3, -0.25) is 0 Å². The van der Waals surface area contributed by atoms with E-state index in [0.29, 0.717) is 17.9 Å². The van der Waals surface area contributed by atoms with Gasteiger partial charge in [-0.25, -0.2) is 4.98 Å². The Morgan fingerprint density at radius 3 is 2.77 bits per heavy atom. The number of likely N-dealkylation sites (N-methyl/N-ethyl adjacent to an activating group) is 1. The lowest BCUT2D eigenvalue weighted by Crippen LogP contribution is -2.29. The molecular weight excluding hydrogens is 340 g/mol. The molecule has 2 atom stereocenters. The molecule has 142 valence electrons. The first-order valence-corrected chi connectivity index (χ1v) is 10.9. The highest BCUT2D eigenvalue weighted by Gasteiger charge is 2.31. The van der Waals surface area contributed by atoms with Gasteiger partial charge >= 0.3 is 0 Å². The molecule has 5 heteroatoms. The van der Waals surface area contributed by atoms with Crippen LogP contribution < -0.4 is 5.32 Å². The Bertz CT molecular complexity index is 735. The number of hydrogen-bond donors (Lipinski definition) is 1.